The van der Waals surface area contributed by atoms with Crippen LogP contribution in [0.1, 0.15) is 57.7 Å². The van der Waals surface area contributed by atoms with Gasteiger partial charge in [-0.2, -0.15) is 5.10 Å². The van der Waals surface area contributed by atoms with Gasteiger partial charge in [0.15, 0.2) is 0 Å². The highest BCUT2D eigenvalue weighted by Gasteiger charge is 2.27. The summed E-state index contributed by atoms with van der Waals surface area (Å²) < 4.78 is 1.96. The van der Waals surface area contributed by atoms with Crippen LogP contribution in [0.3, 0.4) is 0 Å². The molecule has 1 heterocycles. The lowest BCUT2D eigenvalue weighted by Crippen LogP contribution is -2.35. The van der Waals surface area contributed by atoms with Gasteiger partial charge in [-0.05, 0) is 31.2 Å². The number of hydrogen-bond acceptors (Lipinski definition) is 2. The molecule has 1 aliphatic rings. The number of nitrogens with one attached hydrogen (secondary N) is 1. The SMILES string of the molecule is CC(NCC1(C)CCCCC1)c1ccnn1C. The summed E-state index contributed by atoms with van der Waals surface area (Å²) in [7, 11) is 2.01. The highest BCUT2D eigenvalue weighted by molar-refractivity contribution is 5.05. The number of rotatable bonds is 4. The Kier molecular flexibility index (Phi) is 3.87. The molecule has 1 fully saturated rings. The quantitative estimate of drug-likeness (QED) is 0.869. The monoisotopic (exact) mass is 235 g/mol. The Morgan fingerprint density at radius 3 is 2.71 bits per heavy atom. The maximum atomic E-state index is 4.23. The zero-order valence-corrected chi connectivity index (χ0v) is 11.4. The minimum atomic E-state index is 0.390. The molecule has 2 rings (SSSR count). The molecular weight excluding hydrogens is 210 g/mol. The molecule has 0 bridgehead atoms. The van der Waals surface area contributed by atoms with Crippen LogP contribution in [0.2, 0.25) is 0 Å². The van der Waals surface area contributed by atoms with Gasteiger partial charge in [0, 0.05) is 25.8 Å². The van der Waals surface area contributed by atoms with Gasteiger partial charge in [0.25, 0.3) is 0 Å². The maximum absolute atomic E-state index is 4.23. The maximum Gasteiger partial charge on any atom is 0.0547 e. The van der Waals surface area contributed by atoms with Crippen molar-refractivity contribution in [3.05, 3.63) is 18.0 Å². The molecule has 1 aliphatic carbocycles. The van der Waals surface area contributed by atoms with E-state index in [1.807, 2.05) is 17.9 Å². The van der Waals surface area contributed by atoms with Crippen LogP contribution in [0.4, 0.5) is 0 Å². The van der Waals surface area contributed by atoms with E-state index in [1.165, 1.54) is 37.8 Å². The molecule has 0 saturated heterocycles. The van der Waals surface area contributed by atoms with Crippen LogP contribution >= 0.6 is 0 Å². The normalized spacial score (nSPS) is 21.4. The summed E-state index contributed by atoms with van der Waals surface area (Å²) in [6.45, 7) is 5.78. The molecule has 96 valence electrons. The lowest BCUT2D eigenvalue weighted by atomic mass is 9.75. The highest BCUT2D eigenvalue weighted by atomic mass is 15.3. The van der Waals surface area contributed by atoms with E-state index in [2.05, 4.69) is 30.3 Å². The van der Waals surface area contributed by atoms with Crippen LogP contribution in [-0.2, 0) is 7.05 Å². The number of aryl methyl sites for hydroxylation is 1. The second-order valence-corrected chi connectivity index (χ2v) is 5.85. The summed E-state index contributed by atoms with van der Waals surface area (Å²) in [6.07, 6.45) is 8.84. The van der Waals surface area contributed by atoms with E-state index in [1.54, 1.807) is 0 Å². The first kappa shape index (κ1) is 12.6. The van der Waals surface area contributed by atoms with Gasteiger partial charge in [0.05, 0.1) is 5.69 Å². The van der Waals surface area contributed by atoms with Crippen molar-refractivity contribution in [3.63, 3.8) is 0 Å². The summed E-state index contributed by atoms with van der Waals surface area (Å²) in [5.74, 6) is 0. The van der Waals surface area contributed by atoms with Crippen molar-refractivity contribution in [3.8, 4) is 0 Å². The lowest BCUT2D eigenvalue weighted by Gasteiger charge is -2.34. The van der Waals surface area contributed by atoms with E-state index in [-0.39, 0.29) is 0 Å². The Bertz CT molecular complexity index is 350. The molecule has 3 nitrogen and oxygen atoms in total. The van der Waals surface area contributed by atoms with Gasteiger partial charge in [0.1, 0.15) is 0 Å². The molecule has 1 aromatic heterocycles. The lowest BCUT2D eigenvalue weighted by molar-refractivity contribution is 0.201. The van der Waals surface area contributed by atoms with E-state index in [4.69, 9.17) is 0 Å². The molecule has 3 heteroatoms. The smallest absolute Gasteiger partial charge is 0.0547 e. The van der Waals surface area contributed by atoms with Gasteiger partial charge in [-0.1, -0.05) is 26.2 Å². The third-order valence-corrected chi connectivity index (χ3v) is 4.20. The zero-order valence-electron chi connectivity index (χ0n) is 11.4. The first-order valence-corrected chi connectivity index (χ1v) is 6.82. The average molecular weight is 235 g/mol. The molecule has 1 N–H and O–H groups in total. The Morgan fingerprint density at radius 1 is 1.41 bits per heavy atom. The standard InChI is InChI=1S/C14H25N3/c1-12(13-7-10-16-17(13)3)15-11-14(2)8-5-4-6-9-14/h7,10,12,15H,4-6,8-9,11H2,1-3H3. The first-order valence-electron chi connectivity index (χ1n) is 6.82. The van der Waals surface area contributed by atoms with E-state index < -0.39 is 0 Å². The van der Waals surface area contributed by atoms with Crippen molar-refractivity contribution >= 4 is 0 Å². The minimum absolute atomic E-state index is 0.390. The third kappa shape index (κ3) is 3.09. The Balaban J connectivity index is 1.87. The molecule has 0 amide bonds. The van der Waals surface area contributed by atoms with E-state index in [9.17, 15) is 0 Å². The summed E-state index contributed by atoms with van der Waals surface area (Å²) >= 11 is 0. The van der Waals surface area contributed by atoms with Gasteiger partial charge >= 0.3 is 0 Å². The predicted octanol–water partition coefficient (Wildman–Crippen LogP) is 3.04. The van der Waals surface area contributed by atoms with Crippen molar-refractivity contribution in [2.24, 2.45) is 12.5 Å². The number of nitrogens with zero attached hydrogens (tertiary/aromatic N) is 2. The van der Waals surface area contributed by atoms with Crippen LogP contribution in [0.25, 0.3) is 0 Å². The third-order valence-electron chi connectivity index (χ3n) is 4.20. The molecule has 1 atom stereocenters. The van der Waals surface area contributed by atoms with E-state index in [0.717, 1.165) is 6.54 Å². The Labute approximate surface area is 105 Å². The zero-order chi connectivity index (χ0) is 12.3. The summed E-state index contributed by atoms with van der Waals surface area (Å²) in [4.78, 5) is 0. The second-order valence-electron chi connectivity index (χ2n) is 5.85. The topological polar surface area (TPSA) is 29.9 Å². The van der Waals surface area contributed by atoms with Crippen LogP contribution in [0, 0.1) is 5.41 Å². The van der Waals surface area contributed by atoms with E-state index in [0.29, 0.717) is 11.5 Å². The van der Waals surface area contributed by atoms with Crippen LogP contribution in [-0.4, -0.2) is 16.3 Å². The first-order chi connectivity index (χ1) is 8.11. The van der Waals surface area contributed by atoms with Crippen molar-refractivity contribution in [1.29, 1.82) is 0 Å². The highest BCUT2D eigenvalue weighted by Crippen LogP contribution is 2.35. The number of aromatic nitrogens is 2. The van der Waals surface area contributed by atoms with Gasteiger partial charge < -0.3 is 5.32 Å². The van der Waals surface area contributed by atoms with Crippen molar-refractivity contribution in [1.82, 2.24) is 15.1 Å². The molecule has 1 unspecified atom stereocenters. The van der Waals surface area contributed by atoms with Gasteiger partial charge in [0.2, 0.25) is 0 Å². The molecule has 0 radical (unpaired) electrons. The molecular formula is C14H25N3. The number of hydrogen-bond donors (Lipinski definition) is 1. The van der Waals surface area contributed by atoms with Gasteiger partial charge in [-0.3, -0.25) is 4.68 Å². The fraction of sp³-hybridized carbons (Fsp3) is 0.786. The van der Waals surface area contributed by atoms with Crippen molar-refractivity contribution < 1.29 is 0 Å². The second kappa shape index (κ2) is 5.21. The Hall–Kier alpha value is -0.830. The predicted molar refractivity (Wildman–Crippen MR) is 70.8 cm³/mol. The molecule has 0 aliphatic heterocycles. The van der Waals surface area contributed by atoms with Crippen LogP contribution < -0.4 is 5.32 Å². The van der Waals surface area contributed by atoms with Gasteiger partial charge in [-0.15, -0.1) is 0 Å². The molecule has 0 aromatic carbocycles. The fourth-order valence-electron chi connectivity index (χ4n) is 2.89. The summed E-state index contributed by atoms with van der Waals surface area (Å²) in [5.41, 5.74) is 1.77. The van der Waals surface area contributed by atoms with Gasteiger partial charge in [-0.25, -0.2) is 0 Å². The summed E-state index contributed by atoms with van der Waals surface area (Å²) in [5, 5.41) is 7.90. The van der Waals surface area contributed by atoms with Crippen LogP contribution in [0.15, 0.2) is 12.3 Å². The molecule has 1 aromatic rings. The van der Waals surface area contributed by atoms with Crippen LogP contribution in [0.5, 0.6) is 0 Å². The molecule has 0 spiro atoms. The summed E-state index contributed by atoms with van der Waals surface area (Å²) in [6, 6.07) is 2.49. The largest absolute Gasteiger partial charge is 0.308 e. The van der Waals surface area contributed by atoms with Crippen molar-refractivity contribution in [2.45, 2.75) is 52.0 Å². The minimum Gasteiger partial charge on any atom is -0.308 e. The fourth-order valence-corrected chi connectivity index (χ4v) is 2.89. The Morgan fingerprint density at radius 2 is 2.12 bits per heavy atom. The molecule has 1 saturated carbocycles. The van der Waals surface area contributed by atoms with Crippen molar-refractivity contribution in [2.75, 3.05) is 6.54 Å². The van der Waals surface area contributed by atoms with E-state index >= 15 is 0 Å². The molecule has 17 heavy (non-hydrogen) atoms. The average Bonchev–Trinajstić information content (AvgIpc) is 2.74.